The first-order valence-electron chi connectivity index (χ1n) is 6.14. The molecule has 5 unspecified atom stereocenters. The standard InChI is InChI=1S/C13H20O/c1-8-9(2)12-5-10(8)6-13(12)4-3-11(14)7-13/h8-10,12H,3-7H2,1-2H3. The predicted octanol–water partition coefficient (Wildman–Crippen LogP) is 3.04. The second-order valence-electron chi connectivity index (χ2n) is 6.10. The lowest BCUT2D eigenvalue weighted by Crippen LogP contribution is -2.33. The van der Waals surface area contributed by atoms with Gasteiger partial charge in [0.2, 0.25) is 0 Å². The summed E-state index contributed by atoms with van der Waals surface area (Å²) in [6, 6.07) is 0. The van der Waals surface area contributed by atoms with E-state index in [1.54, 1.807) is 0 Å². The molecule has 78 valence electrons. The molecule has 3 aliphatic carbocycles. The van der Waals surface area contributed by atoms with Gasteiger partial charge in [0.05, 0.1) is 0 Å². The fraction of sp³-hybridized carbons (Fsp3) is 0.923. The third kappa shape index (κ3) is 0.936. The van der Waals surface area contributed by atoms with E-state index < -0.39 is 0 Å². The monoisotopic (exact) mass is 192 g/mol. The number of Topliss-reactive ketones (excluding diaryl/α,β-unsaturated/α-hetero) is 1. The highest BCUT2D eigenvalue weighted by Crippen LogP contribution is 2.65. The summed E-state index contributed by atoms with van der Waals surface area (Å²) in [7, 11) is 0. The van der Waals surface area contributed by atoms with Gasteiger partial charge in [-0.25, -0.2) is 0 Å². The summed E-state index contributed by atoms with van der Waals surface area (Å²) in [6.45, 7) is 4.83. The highest BCUT2D eigenvalue weighted by Gasteiger charge is 2.58. The molecule has 3 fully saturated rings. The van der Waals surface area contributed by atoms with E-state index in [1.165, 1.54) is 19.3 Å². The second kappa shape index (κ2) is 2.62. The van der Waals surface area contributed by atoms with Crippen LogP contribution in [0.5, 0.6) is 0 Å². The minimum atomic E-state index is 0.480. The Morgan fingerprint density at radius 2 is 2.07 bits per heavy atom. The minimum absolute atomic E-state index is 0.480. The molecule has 3 saturated carbocycles. The van der Waals surface area contributed by atoms with Crippen LogP contribution in [0.3, 0.4) is 0 Å². The number of ketones is 1. The van der Waals surface area contributed by atoms with Crippen LogP contribution in [0.2, 0.25) is 0 Å². The quantitative estimate of drug-likeness (QED) is 0.576. The zero-order valence-corrected chi connectivity index (χ0v) is 9.25. The molecular weight excluding hydrogens is 172 g/mol. The molecule has 0 saturated heterocycles. The molecule has 0 radical (unpaired) electrons. The van der Waals surface area contributed by atoms with Gasteiger partial charge >= 0.3 is 0 Å². The fourth-order valence-corrected chi connectivity index (χ4v) is 4.75. The van der Waals surface area contributed by atoms with Gasteiger partial charge in [-0.15, -0.1) is 0 Å². The van der Waals surface area contributed by atoms with Crippen LogP contribution in [-0.4, -0.2) is 5.78 Å². The Bertz CT molecular complexity index is 281. The van der Waals surface area contributed by atoms with Crippen LogP contribution in [0.4, 0.5) is 0 Å². The molecule has 1 nitrogen and oxygen atoms in total. The van der Waals surface area contributed by atoms with E-state index in [4.69, 9.17) is 0 Å². The average Bonchev–Trinajstić information content (AvgIpc) is 2.75. The Labute approximate surface area is 86.3 Å². The minimum Gasteiger partial charge on any atom is -0.300 e. The van der Waals surface area contributed by atoms with Crippen molar-refractivity contribution in [1.29, 1.82) is 0 Å². The molecule has 0 N–H and O–H groups in total. The maximum Gasteiger partial charge on any atom is 0.133 e. The van der Waals surface area contributed by atoms with Gasteiger partial charge in [0.15, 0.2) is 0 Å². The smallest absolute Gasteiger partial charge is 0.133 e. The first kappa shape index (κ1) is 8.94. The summed E-state index contributed by atoms with van der Waals surface area (Å²) in [6.07, 6.45) is 5.81. The SMILES string of the molecule is CC1C2CC(C1C)C1(CCC(=O)C1)C2. The molecule has 1 heteroatoms. The van der Waals surface area contributed by atoms with Crippen LogP contribution in [0.25, 0.3) is 0 Å². The lowest BCUT2D eigenvalue weighted by Gasteiger charge is -2.39. The van der Waals surface area contributed by atoms with Crippen LogP contribution in [0.1, 0.15) is 46.0 Å². The van der Waals surface area contributed by atoms with E-state index in [0.717, 1.165) is 36.5 Å². The van der Waals surface area contributed by atoms with Crippen molar-refractivity contribution in [2.24, 2.45) is 29.1 Å². The van der Waals surface area contributed by atoms with Crippen molar-refractivity contribution in [2.45, 2.75) is 46.0 Å². The number of rotatable bonds is 0. The van der Waals surface area contributed by atoms with Gasteiger partial charge < -0.3 is 0 Å². The van der Waals surface area contributed by atoms with Gasteiger partial charge in [-0.3, -0.25) is 4.79 Å². The first-order chi connectivity index (χ1) is 6.62. The summed E-state index contributed by atoms with van der Waals surface area (Å²) >= 11 is 0. The molecule has 1 spiro atoms. The summed E-state index contributed by atoms with van der Waals surface area (Å²) in [5.74, 6) is 4.16. The zero-order valence-electron chi connectivity index (χ0n) is 9.25. The van der Waals surface area contributed by atoms with Crippen molar-refractivity contribution in [3.8, 4) is 0 Å². The van der Waals surface area contributed by atoms with Crippen LogP contribution in [0, 0.1) is 29.1 Å². The molecule has 2 bridgehead atoms. The van der Waals surface area contributed by atoms with Crippen molar-refractivity contribution >= 4 is 5.78 Å². The number of hydrogen-bond donors (Lipinski definition) is 0. The molecule has 0 aromatic rings. The van der Waals surface area contributed by atoms with E-state index >= 15 is 0 Å². The average molecular weight is 192 g/mol. The zero-order chi connectivity index (χ0) is 9.92. The van der Waals surface area contributed by atoms with Gasteiger partial charge in [0.25, 0.3) is 0 Å². The Morgan fingerprint density at radius 3 is 2.57 bits per heavy atom. The number of hydrogen-bond acceptors (Lipinski definition) is 1. The lowest BCUT2D eigenvalue weighted by atomic mass is 9.65. The molecule has 3 aliphatic rings. The largest absolute Gasteiger partial charge is 0.300 e. The Balaban J connectivity index is 1.89. The summed E-state index contributed by atoms with van der Waals surface area (Å²) in [5, 5.41) is 0. The third-order valence-corrected chi connectivity index (χ3v) is 5.67. The summed E-state index contributed by atoms with van der Waals surface area (Å²) in [4.78, 5) is 11.5. The van der Waals surface area contributed by atoms with E-state index in [0.29, 0.717) is 11.2 Å². The first-order valence-corrected chi connectivity index (χ1v) is 6.14. The molecule has 3 rings (SSSR count). The summed E-state index contributed by atoms with van der Waals surface area (Å²) in [5.41, 5.74) is 0.480. The second-order valence-corrected chi connectivity index (χ2v) is 6.10. The number of carbonyl (C=O) groups excluding carboxylic acids is 1. The van der Waals surface area contributed by atoms with Crippen molar-refractivity contribution in [3.05, 3.63) is 0 Å². The lowest BCUT2D eigenvalue weighted by molar-refractivity contribution is -0.118. The number of fused-ring (bicyclic) bond motifs is 3. The molecule has 5 atom stereocenters. The fourth-order valence-electron chi connectivity index (χ4n) is 4.75. The molecular formula is C13H20O. The summed E-state index contributed by atoms with van der Waals surface area (Å²) < 4.78 is 0. The predicted molar refractivity (Wildman–Crippen MR) is 55.8 cm³/mol. The van der Waals surface area contributed by atoms with Crippen molar-refractivity contribution in [1.82, 2.24) is 0 Å². The van der Waals surface area contributed by atoms with Gasteiger partial charge in [-0.1, -0.05) is 13.8 Å². The van der Waals surface area contributed by atoms with E-state index in [-0.39, 0.29) is 0 Å². The van der Waals surface area contributed by atoms with Crippen molar-refractivity contribution in [3.63, 3.8) is 0 Å². The molecule has 0 aliphatic heterocycles. The van der Waals surface area contributed by atoms with Crippen LogP contribution in [-0.2, 0) is 4.79 Å². The molecule has 0 aromatic carbocycles. The van der Waals surface area contributed by atoms with Crippen molar-refractivity contribution in [2.75, 3.05) is 0 Å². The maximum absolute atomic E-state index is 11.5. The normalized spacial score (nSPS) is 56.3. The van der Waals surface area contributed by atoms with Gasteiger partial charge in [0.1, 0.15) is 5.78 Å². The van der Waals surface area contributed by atoms with Crippen LogP contribution >= 0.6 is 0 Å². The maximum atomic E-state index is 11.5. The van der Waals surface area contributed by atoms with E-state index in [1.807, 2.05) is 0 Å². The molecule has 0 aromatic heterocycles. The van der Waals surface area contributed by atoms with Gasteiger partial charge in [0, 0.05) is 12.8 Å². The topological polar surface area (TPSA) is 17.1 Å². The molecule has 0 heterocycles. The third-order valence-electron chi connectivity index (χ3n) is 5.67. The van der Waals surface area contributed by atoms with Gasteiger partial charge in [-0.05, 0) is 48.3 Å². The number of carbonyl (C=O) groups is 1. The Kier molecular flexibility index (Phi) is 1.67. The van der Waals surface area contributed by atoms with Crippen LogP contribution < -0.4 is 0 Å². The Morgan fingerprint density at radius 1 is 1.29 bits per heavy atom. The van der Waals surface area contributed by atoms with Gasteiger partial charge in [-0.2, -0.15) is 0 Å². The van der Waals surface area contributed by atoms with Crippen LogP contribution in [0.15, 0.2) is 0 Å². The Hall–Kier alpha value is -0.330. The molecule has 0 amide bonds. The van der Waals surface area contributed by atoms with E-state index in [2.05, 4.69) is 13.8 Å². The molecule has 14 heavy (non-hydrogen) atoms. The van der Waals surface area contributed by atoms with E-state index in [9.17, 15) is 4.79 Å². The highest BCUT2D eigenvalue weighted by molar-refractivity contribution is 5.81. The highest BCUT2D eigenvalue weighted by atomic mass is 16.1. The van der Waals surface area contributed by atoms with Crippen molar-refractivity contribution < 1.29 is 4.79 Å².